The molecular weight excluding hydrogens is 252 g/mol. The van der Waals surface area contributed by atoms with E-state index in [1.54, 1.807) is 4.90 Å². The van der Waals surface area contributed by atoms with Crippen LogP contribution in [0.25, 0.3) is 0 Å². The lowest BCUT2D eigenvalue weighted by molar-refractivity contribution is -0.132. The van der Waals surface area contributed by atoms with Crippen molar-refractivity contribution in [3.8, 4) is 0 Å². The molecule has 2 N–H and O–H groups in total. The first-order chi connectivity index (χ1) is 8.66. The quantitative estimate of drug-likeness (QED) is 0.766. The second kappa shape index (κ2) is 6.43. The summed E-state index contributed by atoms with van der Waals surface area (Å²) in [6, 6.07) is 0. The Balaban J connectivity index is 1.69. The third kappa shape index (κ3) is 3.62. The summed E-state index contributed by atoms with van der Waals surface area (Å²) in [7, 11) is 0. The maximum Gasteiger partial charge on any atom is 0.239 e. The molecule has 2 unspecified atom stereocenters. The zero-order valence-electron chi connectivity index (χ0n) is 10.4. The van der Waals surface area contributed by atoms with Crippen molar-refractivity contribution in [1.29, 1.82) is 0 Å². The van der Waals surface area contributed by atoms with Crippen molar-refractivity contribution in [3.63, 3.8) is 0 Å². The van der Waals surface area contributed by atoms with Crippen LogP contribution in [0.1, 0.15) is 25.7 Å². The van der Waals surface area contributed by atoms with Gasteiger partial charge in [0.05, 0.1) is 17.7 Å². The minimum Gasteiger partial charge on any atom is -0.393 e. The van der Waals surface area contributed by atoms with Gasteiger partial charge in [-0.15, -0.1) is 11.8 Å². The summed E-state index contributed by atoms with van der Waals surface area (Å²) in [5.74, 6) is 1.18. The first-order valence-electron chi connectivity index (χ1n) is 6.47. The molecule has 1 heterocycles. The highest BCUT2D eigenvalue weighted by Gasteiger charge is 2.25. The number of amides is 2. The Morgan fingerprint density at radius 1 is 1.44 bits per heavy atom. The lowest BCUT2D eigenvalue weighted by atomic mass is 9.86. The Labute approximate surface area is 111 Å². The SMILES string of the molecule is O=C(CN1CSCC1=O)NCC1CCCCC1O. The molecule has 0 spiro atoms. The molecule has 2 aliphatic rings. The first kappa shape index (κ1) is 13.7. The van der Waals surface area contributed by atoms with Gasteiger partial charge >= 0.3 is 0 Å². The average molecular weight is 272 g/mol. The Morgan fingerprint density at radius 2 is 2.22 bits per heavy atom. The van der Waals surface area contributed by atoms with Crippen LogP contribution >= 0.6 is 11.8 Å². The van der Waals surface area contributed by atoms with Crippen molar-refractivity contribution < 1.29 is 14.7 Å². The molecule has 18 heavy (non-hydrogen) atoms. The third-order valence-corrected chi connectivity index (χ3v) is 4.54. The molecule has 1 saturated heterocycles. The van der Waals surface area contributed by atoms with Crippen LogP contribution in [-0.2, 0) is 9.59 Å². The molecule has 0 aromatic carbocycles. The van der Waals surface area contributed by atoms with Crippen LogP contribution < -0.4 is 5.32 Å². The molecule has 1 saturated carbocycles. The minimum atomic E-state index is -0.289. The largest absolute Gasteiger partial charge is 0.393 e. The molecule has 6 heteroatoms. The zero-order chi connectivity index (χ0) is 13.0. The predicted octanol–water partition coefficient (Wildman–Crippen LogP) is 0.187. The number of rotatable bonds is 4. The van der Waals surface area contributed by atoms with Gasteiger partial charge in [-0.25, -0.2) is 0 Å². The molecular formula is C12H20N2O3S. The summed E-state index contributed by atoms with van der Waals surface area (Å²) >= 11 is 1.54. The lowest BCUT2D eigenvalue weighted by Gasteiger charge is -2.27. The molecule has 5 nitrogen and oxygen atoms in total. The van der Waals surface area contributed by atoms with Gasteiger partial charge in [0, 0.05) is 12.5 Å². The van der Waals surface area contributed by atoms with Gasteiger partial charge in [0.25, 0.3) is 0 Å². The highest BCUT2D eigenvalue weighted by Crippen LogP contribution is 2.23. The van der Waals surface area contributed by atoms with Crippen LogP contribution in [0.4, 0.5) is 0 Å². The van der Waals surface area contributed by atoms with E-state index in [0.717, 1.165) is 25.7 Å². The van der Waals surface area contributed by atoms with Crippen LogP contribution in [-0.4, -0.2) is 52.6 Å². The molecule has 1 aliphatic heterocycles. The summed E-state index contributed by atoms with van der Waals surface area (Å²) in [5.41, 5.74) is 0. The van der Waals surface area contributed by atoms with E-state index in [-0.39, 0.29) is 30.4 Å². The summed E-state index contributed by atoms with van der Waals surface area (Å²) < 4.78 is 0. The molecule has 0 bridgehead atoms. The Hall–Kier alpha value is -0.750. The molecule has 0 aromatic heterocycles. The van der Waals surface area contributed by atoms with Crippen molar-refractivity contribution in [2.45, 2.75) is 31.8 Å². The first-order valence-corrected chi connectivity index (χ1v) is 7.62. The van der Waals surface area contributed by atoms with Gasteiger partial charge in [0.2, 0.25) is 11.8 Å². The second-order valence-electron chi connectivity index (χ2n) is 4.99. The molecule has 102 valence electrons. The highest BCUT2D eigenvalue weighted by atomic mass is 32.2. The fourth-order valence-electron chi connectivity index (χ4n) is 2.44. The van der Waals surface area contributed by atoms with Crippen LogP contribution in [0.2, 0.25) is 0 Å². The van der Waals surface area contributed by atoms with Gasteiger partial charge in [0.15, 0.2) is 0 Å². The average Bonchev–Trinajstić information content (AvgIpc) is 2.74. The highest BCUT2D eigenvalue weighted by molar-refractivity contribution is 8.00. The van der Waals surface area contributed by atoms with E-state index in [1.807, 2.05) is 0 Å². The molecule has 2 amide bonds. The van der Waals surface area contributed by atoms with E-state index in [2.05, 4.69) is 5.32 Å². The summed E-state index contributed by atoms with van der Waals surface area (Å²) in [6.07, 6.45) is 3.72. The van der Waals surface area contributed by atoms with Crippen LogP contribution in [0.3, 0.4) is 0 Å². The van der Waals surface area contributed by atoms with E-state index in [0.29, 0.717) is 18.2 Å². The van der Waals surface area contributed by atoms with Crippen LogP contribution in [0.5, 0.6) is 0 Å². The standard InChI is InChI=1S/C12H20N2O3S/c15-10-4-2-1-3-9(10)5-13-11(16)6-14-8-18-7-12(14)17/h9-10,15H,1-8H2,(H,13,16). The summed E-state index contributed by atoms with van der Waals surface area (Å²) in [4.78, 5) is 24.6. The van der Waals surface area contributed by atoms with Gasteiger partial charge in [0.1, 0.15) is 6.54 Å². The number of thioether (sulfide) groups is 1. The van der Waals surface area contributed by atoms with E-state index >= 15 is 0 Å². The maximum atomic E-state index is 11.7. The van der Waals surface area contributed by atoms with Crippen molar-refractivity contribution >= 4 is 23.6 Å². The predicted molar refractivity (Wildman–Crippen MR) is 70.0 cm³/mol. The Kier molecular flexibility index (Phi) is 4.88. The number of hydrogen-bond acceptors (Lipinski definition) is 4. The Morgan fingerprint density at radius 3 is 2.89 bits per heavy atom. The number of hydrogen-bond donors (Lipinski definition) is 2. The van der Waals surface area contributed by atoms with Gasteiger partial charge in [-0.1, -0.05) is 12.8 Å². The summed E-state index contributed by atoms with van der Waals surface area (Å²) in [5, 5.41) is 12.6. The van der Waals surface area contributed by atoms with Gasteiger partial charge < -0.3 is 15.3 Å². The molecule has 0 aromatic rings. The van der Waals surface area contributed by atoms with Gasteiger partial charge in [-0.05, 0) is 12.8 Å². The van der Waals surface area contributed by atoms with Crippen LogP contribution in [0.15, 0.2) is 0 Å². The molecule has 2 atom stereocenters. The van der Waals surface area contributed by atoms with E-state index in [4.69, 9.17) is 0 Å². The topological polar surface area (TPSA) is 69.6 Å². The Bertz CT molecular complexity index is 324. The number of aliphatic hydroxyl groups is 1. The smallest absolute Gasteiger partial charge is 0.239 e. The number of nitrogens with zero attached hydrogens (tertiary/aromatic N) is 1. The fraction of sp³-hybridized carbons (Fsp3) is 0.833. The van der Waals surface area contributed by atoms with Gasteiger partial charge in [-0.2, -0.15) is 0 Å². The summed E-state index contributed by atoms with van der Waals surface area (Å²) in [6.45, 7) is 0.670. The number of aliphatic hydroxyl groups excluding tert-OH is 1. The van der Waals surface area contributed by atoms with Gasteiger partial charge in [-0.3, -0.25) is 9.59 Å². The van der Waals surface area contributed by atoms with Crippen molar-refractivity contribution in [2.75, 3.05) is 24.7 Å². The number of carbonyl (C=O) groups excluding carboxylic acids is 2. The van der Waals surface area contributed by atoms with Crippen molar-refractivity contribution in [3.05, 3.63) is 0 Å². The second-order valence-corrected chi connectivity index (χ2v) is 5.94. The van der Waals surface area contributed by atoms with E-state index in [9.17, 15) is 14.7 Å². The molecule has 2 rings (SSSR count). The molecule has 0 radical (unpaired) electrons. The van der Waals surface area contributed by atoms with Crippen molar-refractivity contribution in [1.82, 2.24) is 10.2 Å². The maximum absolute atomic E-state index is 11.7. The zero-order valence-corrected chi connectivity index (χ0v) is 11.2. The third-order valence-electron chi connectivity index (χ3n) is 3.59. The lowest BCUT2D eigenvalue weighted by Crippen LogP contribution is -2.42. The van der Waals surface area contributed by atoms with E-state index < -0.39 is 0 Å². The normalized spacial score (nSPS) is 28.5. The fourth-order valence-corrected chi connectivity index (χ4v) is 3.34. The van der Waals surface area contributed by atoms with Crippen LogP contribution in [0, 0.1) is 5.92 Å². The van der Waals surface area contributed by atoms with Crippen molar-refractivity contribution in [2.24, 2.45) is 5.92 Å². The van der Waals surface area contributed by atoms with E-state index in [1.165, 1.54) is 11.8 Å². The number of carbonyl (C=O) groups is 2. The number of nitrogens with one attached hydrogen (secondary N) is 1. The minimum absolute atomic E-state index is 0.0350. The molecule has 1 aliphatic carbocycles. The molecule has 2 fully saturated rings. The monoisotopic (exact) mass is 272 g/mol.